The molecule has 0 spiro atoms. The number of amides is 2. The van der Waals surface area contributed by atoms with Crippen molar-refractivity contribution in [1.82, 2.24) is 10.2 Å². The molecule has 0 radical (unpaired) electrons. The molecule has 2 amide bonds. The second-order valence-corrected chi connectivity index (χ2v) is 5.38. The standard InChI is InChI=1S/C17H21FN2O3/c1-2-23-16(21)14-6-4-10-20(12-14)17(22)19-9-8-13-5-3-7-15(18)11-13/h3,5,7-9,11,14H,2,4,6,10,12H2,1H3,(H,19,22)/b9-8+. The van der Waals surface area contributed by atoms with Crippen molar-refractivity contribution in [3.63, 3.8) is 0 Å². The highest BCUT2D eigenvalue weighted by Crippen LogP contribution is 2.18. The molecule has 23 heavy (non-hydrogen) atoms. The molecule has 1 heterocycles. The molecule has 1 aromatic carbocycles. The van der Waals surface area contributed by atoms with Crippen LogP contribution in [0.1, 0.15) is 25.3 Å². The molecule has 0 aliphatic carbocycles. The predicted molar refractivity (Wildman–Crippen MR) is 84.9 cm³/mol. The Labute approximate surface area is 135 Å². The normalized spacial score (nSPS) is 18.0. The number of hydrogen-bond donors (Lipinski definition) is 1. The topological polar surface area (TPSA) is 58.6 Å². The van der Waals surface area contributed by atoms with Crippen LogP contribution >= 0.6 is 0 Å². The van der Waals surface area contributed by atoms with Crippen molar-refractivity contribution in [2.45, 2.75) is 19.8 Å². The molecular formula is C17H21FN2O3. The number of benzene rings is 1. The minimum absolute atomic E-state index is 0.250. The van der Waals surface area contributed by atoms with E-state index in [4.69, 9.17) is 4.74 Å². The lowest BCUT2D eigenvalue weighted by Gasteiger charge is -2.31. The van der Waals surface area contributed by atoms with Gasteiger partial charge in [-0.25, -0.2) is 9.18 Å². The fraction of sp³-hybridized carbons (Fsp3) is 0.412. The Morgan fingerprint density at radius 3 is 3.04 bits per heavy atom. The number of carbonyl (C=O) groups excluding carboxylic acids is 2. The van der Waals surface area contributed by atoms with Gasteiger partial charge in [-0.05, 0) is 43.5 Å². The van der Waals surface area contributed by atoms with Crippen LogP contribution in [0.3, 0.4) is 0 Å². The van der Waals surface area contributed by atoms with Crippen LogP contribution in [0.4, 0.5) is 9.18 Å². The van der Waals surface area contributed by atoms with E-state index in [1.165, 1.54) is 18.3 Å². The molecule has 1 atom stereocenters. The van der Waals surface area contributed by atoms with E-state index in [1.807, 2.05) is 0 Å². The second kappa shape index (κ2) is 8.31. The Hall–Kier alpha value is -2.37. The zero-order valence-corrected chi connectivity index (χ0v) is 13.1. The number of piperidine rings is 1. The predicted octanol–water partition coefficient (Wildman–Crippen LogP) is 2.78. The number of carbonyl (C=O) groups is 2. The summed E-state index contributed by atoms with van der Waals surface area (Å²) in [4.78, 5) is 25.5. The molecule has 1 aliphatic rings. The number of likely N-dealkylation sites (tertiary alicyclic amines) is 1. The summed E-state index contributed by atoms with van der Waals surface area (Å²) >= 11 is 0. The average molecular weight is 320 g/mol. The van der Waals surface area contributed by atoms with Gasteiger partial charge in [-0.15, -0.1) is 0 Å². The van der Waals surface area contributed by atoms with Crippen LogP contribution in [0, 0.1) is 11.7 Å². The van der Waals surface area contributed by atoms with Gasteiger partial charge >= 0.3 is 12.0 Å². The molecule has 1 unspecified atom stereocenters. The summed E-state index contributed by atoms with van der Waals surface area (Å²) in [5.74, 6) is -0.839. The first-order chi connectivity index (χ1) is 11.1. The van der Waals surface area contributed by atoms with Crippen molar-refractivity contribution in [3.05, 3.63) is 41.8 Å². The van der Waals surface area contributed by atoms with E-state index in [-0.39, 0.29) is 23.7 Å². The van der Waals surface area contributed by atoms with E-state index < -0.39 is 0 Å². The van der Waals surface area contributed by atoms with E-state index >= 15 is 0 Å². The molecule has 2 rings (SSSR count). The molecule has 0 aromatic heterocycles. The first-order valence-corrected chi connectivity index (χ1v) is 7.74. The molecule has 5 nitrogen and oxygen atoms in total. The highest BCUT2D eigenvalue weighted by Gasteiger charge is 2.28. The summed E-state index contributed by atoms with van der Waals surface area (Å²) in [5, 5.41) is 2.64. The maximum atomic E-state index is 13.1. The van der Waals surface area contributed by atoms with Crippen LogP contribution in [0.15, 0.2) is 30.5 Å². The number of halogens is 1. The van der Waals surface area contributed by atoms with Gasteiger partial charge in [0, 0.05) is 19.3 Å². The molecule has 1 fully saturated rings. The SMILES string of the molecule is CCOC(=O)C1CCCN(C(=O)N/C=C/c2cccc(F)c2)C1. The molecule has 1 saturated heterocycles. The van der Waals surface area contributed by atoms with Gasteiger partial charge < -0.3 is 15.0 Å². The fourth-order valence-corrected chi connectivity index (χ4v) is 2.52. The molecule has 1 aliphatic heterocycles. The van der Waals surface area contributed by atoms with Gasteiger partial charge in [0.25, 0.3) is 0 Å². The Balaban J connectivity index is 1.86. The van der Waals surface area contributed by atoms with Crippen molar-refractivity contribution in [1.29, 1.82) is 0 Å². The summed E-state index contributed by atoms with van der Waals surface area (Å²) < 4.78 is 18.1. The lowest BCUT2D eigenvalue weighted by Crippen LogP contribution is -2.46. The highest BCUT2D eigenvalue weighted by molar-refractivity contribution is 5.78. The van der Waals surface area contributed by atoms with E-state index in [0.29, 0.717) is 25.3 Å². The Morgan fingerprint density at radius 1 is 1.48 bits per heavy atom. The summed E-state index contributed by atoms with van der Waals surface area (Å²) in [5.41, 5.74) is 0.661. The molecule has 6 heteroatoms. The zero-order valence-electron chi connectivity index (χ0n) is 13.1. The number of rotatable bonds is 4. The molecule has 1 N–H and O–H groups in total. The minimum atomic E-state index is -0.327. The Kier molecular flexibility index (Phi) is 6.14. The Morgan fingerprint density at radius 2 is 2.30 bits per heavy atom. The van der Waals surface area contributed by atoms with Crippen molar-refractivity contribution < 1.29 is 18.7 Å². The molecule has 0 bridgehead atoms. The van der Waals surface area contributed by atoms with Crippen molar-refractivity contribution in [3.8, 4) is 0 Å². The van der Waals surface area contributed by atoms with E-state index in [0.717, 1.165) is 12.8 Å². The number of hydrogen-bond acceptors (Lipinski definition) is 3. The van der Waals surface area contributed by atoms with Crippen LogP contribution in [0.5, 0.6) is 0 Å². The van der Waals surface area contributed by atoms with Crippen molar-refractivity contribution >= 4 is 18.1 Å². The zero-order chi connectivity index (χ0) is 16.7. The number of ether oxygens (including phenoxy) is 1. The largest absolute Gasteiger partial charge is 0.466 e. The van der Waals surface area contributed by atoms with E-state index in [1.54, 1.807) is 30.0 Å². The average Bonchev–Trinajstić information content (AvgIpc) is 2.55. The number of nitrogens with one attached hydrogen (secondary N) is 1. The van der Waals surface area contributed by atoms with Gasteiger partial charge in [0.1, 0.15) is 5.82 Å². The first kappa shape index (κ1) is 17.0. The van der Waals surface area contributed by atoms with E-state index in [2.05, 4.69) is 5.32 Å². The van der Waals surface area contributed by atoms with Gasteiger partial charge in [0.2, 0.25) is 0 Å². The summed E-state index contributed by atoms with van der Waals surface area (Å²) in [6.07, 6.45) is 4.60. The number of nitrogens with zero attached hydrogens (tertiary/aromatic N) is 1. The smallest absolute Gasteiger partial charge is 0.321 e. The maximum Gasteiger partial charge on any atom is 0.321 e. The van der Waals surface area contributed by atoms with Gasteiger partial charge in [-0.3, -0.25) is 4.79 Å². The third kappa shape index (κ3) is 5.09. The third-order valence-corrected chi connectivity index (χ3v) is 3.66. The number of urea groups is 1. The molecule has 0 saturated carbocycles. The van der Waals surface area contributed by atoms with Crippen LogP contribution in [0.2, 0.25) is 0 Å². The van der Waals surface area contributed by atoms with Crippen LogP contribution in [-0.2, 0) is 9.53 Å². The first-order valence-electron chi connectivity index (χ1n) is 7.74. The van der Waals surface area contributed by atoms with Crippen molar-refractivity contribution in [2.75, 3.05) is 19.7 Å². The van der Waals surface area contributed by atoms with E-state index in [9.17, 15) is 14.0 Å². The van der Waals surface area contributed by atoms with Gasteiger partial charge in [-0.2, -0.15) is 0 Å². The minimum Gasteiger partial charge on any atom is -0.466 e. The monoisotopic (exact) mass is 320 g/mol. The quantitative estimate of drug-likeness (QED) is 0.868. The van der Waals surface area contributed by atoms with Crippen LogP contribution < -0.4 is 5.32 Å². The number of esters is 1. The highest BCUT2D eigenvalue weighted by atomic mass is 19.1. The Bertz CT molecular complexity index is 589. The van der Waals surface area contributed by atoms with Crippen LogP contribution in [-0.4, -0.2) is 36.6 Å². The molecule has 124 valence electrons. The van der Waals surface area contributed by atoms with Gasteiger partial charge in [0.15, 0.2) is 0 Å². The lowest BCUT2D eigenvalue weighted by molar-refractivity contribution is -0.149. The molecular weight excluding hydrogens is 299 g/mol. The lowest BCUT2D eigenvalue weighted by atomic mass is 9.98. The summed E-state index contributed by atoms with van der Waals surface area (Å²) in [6, 6.07) is 5.81. The van der Waals surface area contributed by atoms with Gasteiger partial charge in [0.05, 0.1) is 12.5 Å². The summed E-state index contributed by atoms with van der Waals surface area (Å²) in [6.45, 7) is 3.08. The van der Waals surface area contributed by atoms with Crippen LogP contribution in [0.25, 0.3) is 6.08 Å². The van der Waals surface area contributed by atoms with Crippen molar-refractivity contribution in [2.24, 2.45) is 5.92 Å². The fourth-order valence-electron chi connectivity index (χ4n) is 2.52. The summed E-state index contributed by atoms with van der Waals surface area (Å²) in [7, 11) is 0. The third-order valence-electron chi connectivity index (χ3n) is 3.66. The second-order valence-electron chi connectivity index (χ2n) is 5.38. The van der Waals surface area contributed by atoms with Gasteiger partial charge in [-0.1, -0.05) is 12.1 Å². The maximum absolute atomic E-state index is 13.1. The molecule has 1 aromatic rings.